The van der Waals surface area contributed by atoms with Crippen LogP contribution in [0.15, 0.2) is 437 Å². The predicted molar refractivity (Wildman–Crippen MR) is 479 cm³/mol. The molecule has 2 aliphatic heterocycles. The molecule has 0 atom stereocenters. The highest BCUT2D eigenvalue weighted by atomic mass is 28.3. The van der Waals surface area contributed by atoms with Gasteiger partial charge in [-0.05, 0) is 138 Å². The molecule has 0 saturated carbocycles. The highest BCUT2D eigenvalue weighted by molar-refractivity contribution is 7.21. The third-order valence-corrected chi connectivity index (χ3v) is 32.8. The Hall–Kier alpha value is -13.2. The Morgan fingerprint density at radius 1 is 0.207 bits per heavy atom. The molecule has 0 amide bonds. The monoisotopic (exact) mass is 1450 g/mol. The fourth-order valence-corrected chi connectivity index (χ4v) is 27.9. The Morgan fingerprint density at radius 2 is 0.505 bits per heavy atom. The average Bonchev–Trinajstić information content (AvgIpc) is 0.678. The maximum atomic E-state index is 2.76. The molecule has 0 bridgehead atoms. The van der Waals surface area contributed by atoms with E-state index in [1.165, 1.54) is 85.7 Å². The summed E-state index contributed by atoms with van der Waals surface area (Å²) in [4.78, 5) is 5.52. The molecule has 2 nitrogen and oxygen atoms in total. The minimum atomic E-state index is -3.59. The lowest BCUT2D eigenvalue weighted by Gasteiger charge is -2.47. The van der Waals surface area contributed by atoms with Gasteiger partial charge in [0.15, 0.2) is 16.1 Å². The summed E-state index contributed by atoms with van der Waals surface area (Å²) in [5.41, 5.74) is 25.4. The smallest absolute Gasteiger partial charge is 0.252 e. The Kier molecular flexibility index (Phi) is 17.7. The van der Waals surface area contributed by atoms with Gasteiger partial charge in [0.25, 0.3) is 6.71 Å². The minimum Gasteiger partial charge on any atom is -0.310 e. The number of hydrogen-bond donors (Lipinski definition) is 0. The van der Waals surface area contributed by atoms with E-state index >= 15 is 0 Å². The van der Waals surface area contributed by atoms with E-state index in [2.05, 4.69) is 467 Å². The third kappa shape index (κ3) is 11.9. The fourth-order valence-electron chi connectivity index (χ4n) is 18.2. The van der Waals surface area contributed by atoms with Gasteiger partial charge in [-0.15, -0.1) is 0 Å². The molecule has 0 fully saturated rings. The molecule has 17 aromatic rings. The maximum absolute atomic E-state index is 3.59. The van der Waals surface area contributed by atoms with Gasteiger partial charge in [0.05, 0.1) is 11.4 Å². The SMILES string of the molecule is CC(C)(C)c1ccc2c(c1)N(c1c(-c3ccccc3)cccc1-c1ccccc1)c1cc([Si](c3ccccc3)(c3ccccc3)c3cccc(-c4ccccc4)c3)cc3c1B2c1cc([Si](c2ccccc2)(c2ccccc2)c2cccc(-c4ccccc4)c2)ccc1N3c1c(-c2ccccc2)cccc1-c1ccccc1. The number of benzene rings is 17. The van der Waals surface area contributed by atoms with Crippen molar-refractivity contribution >= 4 is 115 Å². The van der Waals surface area contributed by atoms with Crippen molar-refractivity contribution in [2.45, 2.75) is 26.2 Å². The van der Waals surface area contributed by atoms with Crippen molar-refractivity contribution < 1.29 is 0 Å². The van der Waals surface area contributed by atoms with Gasteiger partial charge >= 0.3 is 0 Å². The summed E-state index contributed by atoms with van der Waals surface area (Å²) in [6.07, 6.45) is 0. The van der Waals surface area contributed by atoms with Gasteiger partial charge in [0.2, 0.25) is 0 Å². The zero-order valence-corrected chi connectivity index (χ0v) is 64.5. The molecule has 0 unspecified atom stereocenters. The second-order valence-corrected chi connectivity index (χ2v) is 38.2. The summed E-state index contributed by atoms with van der Waals surface area (Å²) in [6.45, 7) is 6.81. The van der Waals surface area contributed by atoms with Crippen molar-refractivity contribution in [1.82, 2.24) is 0 Å². The van der Waals surface area contributed by atoms with Crippen LogP contribution in [0, 0.1) is 0 Å². The summed E-state index contributed by atoms with van der Waals surface area (Å²) < 4.78 is 0. The lowest BCUT2D eigenvalue weighted by atomic mass is 9.33. The number of anilines is 6. The number of rotatable bonds is 16. The summed E-state index contributed by atoms with van der Waals surface area (Å²) in [5.74, 6) is 0. The normalized spacial score (nSPS) is 12.4. The van der Waals surface area contributed by atoms with Crippen molar-refractivity contribution in [2.24, 2.45) is 0 Å². The van der Waals surface area contributed by atoms with Crippen LogP contribution in [-0.2, 0) is 5.41 Å². The molecule has 0 N–H and O–H groups in total. The van der Waals surface area contributed by atoms with Crippen molar-refractivity contribution in [1.29, 1.82) is 0 Å². The van der Waals surface area contributed by atoms with Gasteiger partial charge in [-0.2, -0.15) is 0 Å². The van der Waals surface area contributed by atoms with Gasteiger partial charge in [-0.3, -0.25) is 0 Å². The molecular formula is C106H81BN2Si2. The van der Waals surface area contributed by atoms with Crippen LogP contribution >= 0.6 is 0 Å². The largest absolute Gasteiger partial charge is 0.310 e. The molecule has 111 heavy (non-hydrogen) atoms. The predicted octanol–water partition coefficient (Wildman–Crippen LogP) is 19.8. The first-order valence-corrected chi connectivity index (χ1v) is 42.8. The van der Waals surface area contributed by atoms with E-state index in [4.69, 9.17) is 0 Å². The van der Waals surface area contributed by atoms with Gasteiger partial charge in [0, 0.05) is 45.0 Å². The van der Waals surface area contributed by atoms with E-state index in [-0.39, 0.29) is 12.1 Å². The molecule has 2 aliphatic rings. The number of para-hydroxylation sites is 2. The van der Waals surface area contributed by atoms with Crippen LogP contribution in [0.4, 0.5) is 34.1 Å². The van der Waals surface area contributed by atoms with E-state index in [0.29, 0.717) is 0 Å². The highest BCUT2D eigenvalue weighted by Crippen LogP contribution is 2.53. The summed E-state index contributed by atoms with van der Waals surface area (Å²) in [7, 11) is -6.95. The maximum Gasteiger partial charge on any atom is 0.252 e. The first-order chi connectivity index (χ1) is 54.7. The van der Waals surface area contributed by atoms with E-state index < -0.39 is 16.1 Å². The van der Waals surface area contributed by atoms with Crippen LogP contribution in [-0.4, -0.2) is 22.9 Å². The first kappa shape index (κ1) is 68.4. The number of fused-ring (bicyclic) bond motifs is 4. The molecule has 0 spiro atoms. The van der Waals surface area contributed by atoms with Gasteiger partial charge in [-0.25, -0.2) is 0 Å². The van der Waals surface area contributed by atoms with E-state index in [1.54, 1.807) is 0 Å². The Balaban J connectivity index is 1.04. The lowest BCUT2D eigenvalue weighted by molar-refractivity contribution is 0.590. The van der Waals surface area contributed by atoms with Crippen LogP contribution in [0.1, 0.15) is 26.3 Å². The number of hydrogen-bond acceptors (Lipinski definition) is 2. The second-order valence-electron chi connectivity index (χ2n) is 30.6. The Bertz CT molecular complexity index is 6030. The topological polar surface area (TPSA) is 6.48 Å². The zero-order chi connectivity index (χ0) is 74.5. The Morgan fingerprint density at radius 3 is 0.865 bits per heavy atom. The Labute approximate surface area is 655 Å². The zero-order valence-electron chi connectivity index (χ0n) is 62.5. The third-order valence-electron chi connectivity index (χ3n) is 23.3. The molecule has 526 valence electrons. The van der Waals surface area contributed by atoms with Crippen molar-refractivity contribution in [3.8, 4) is 66.8 Å². The fraction of sp³-hybridized carbons (Fsp3) is 0.0377. The van der Waals surface area contributed by atoms with Crippen LogP contribution in [0.3, 0.4) is 0 Å². The molecule has 19 rings (SSSR count). The van der Waals surface area contributed by atoms with Crippen LogP contribution in [0.5, 0.6) is 0 Å². The van der Waals surface area contributed by atoms with E-state index in [1.807, 2.05) is 0 Å². The molecule has 17 aromatic carbocycles. The van der Waals surface area contributed by atoms with Gasteiger partial charge < -0.3 is 9.80 Å². The van der Waals surface area contributed by atoms with Crippen LogP contribution in [0.2, 0.25) is 0 Å². The number of nitrogens with zero attached hydrogens (tertiary/aromatic N) is 2. The summed E-state index contributed by atoms with van der Waals surface area (Å²) in [6, 6.07) is 167. The van der Waals surface area contributed by atoms with E-state index in [9.17, 15) is 0 Å². The quantitative estimate of drug-likeness (QED) is 0.0703. The van der Waals surface area contributed by atoms with Crippen LogP contribution < -0.4 is 67.7 Å². The van der Waals surface area contributed by atoms with Crippen molar-refractivity contribution in [2.75, 3.05) is 9.80 Å². The van der Waals surface area contributed by atoms with Crippen molar-refractivity contribution in [3.05, 3.63) is 442 Å². The lowest BCUT2D eigenvalue weighted by Crippen LogP contribution is -2.76. The summed E-state index contributed by atoms with van der Waals surface area (Å²) >= 11 is 0. The molecule has 0 radical (unpaired) electrons. The van der Waals surface area contributed by atoms with Crippen LogP contribution in [0.25, 0.3) is 66.8 Å². The van der Waals surface area contributed by atoms with E-state index in [0.717, 1.165) is 78.6 Å². The van der Waals surface area contributed by atoms with Crippen molar-refractivity contribution in [3.63, 3.8) is 0 Å². The van der Waals surface area contributed by atoms with Gasteiger partial charge in [-0.1, -0.05) is 433 Å². The first-order valence-electron chi connectivity index (χ1n) is 38.8. The summed E-state index contributed by atoms with van der Waals surface area (Å²) in [5, 5.41) is 10.4. The molecule has 0 aliphatic carbocycles. The molecule has 0 saturated heterocycles. The minimum absolute atomic E-state index is 0.240. The molecule has 2 heterocycles. The molecule has 0 aromatic heterocycles. The standard InChI is InChI=1S/C106H81BN2Si2/c1-106(2,3)84-66-68-97-100(72-84)109(105-95(80-46-22-8-23-47-80)64-37-65-96(105)81-48-24-9-25-49-81)102-75-92(111(87-56-30-12-31-57-87,88-58-32-13-33-59-88)90-61-35-51-83(71-90)77-40-16-5-17-41-77)74-101-103(102)107(97)98-73-91(67-69-99(98)108(101)104-93(78-42-18-6-19-43-78)62-36-63-94(104)79-44-20-7-21-45-79)110(85-52-26-10-27-53-85,86-54-28-11-29-55-86)89-60-34-50-82(70-89)76-38-14-4-15-39-76/h4-75H,1-3H3. The average molecular weight is 1450 g/mol. The highest BCUT2D eigenvalue weighted by Gasteiger charge is 2.51. The molecular weight excluding hydrogens is 1370 g/mol. The second kappa shape index (κ2) is 28.8. The van der Waals surface area contributed by atoms with Gasteiger partial charge in [0.1, 0.15) is 0 Å². The molecule has 5 heteroatoms.